The van der Waals surface area contributed by atoms with Gasteiger partial charge < -0.3 is 19.4 Å². The van der Waals surface area contributed by atoms with Crippen molar-refractivity contribution in [3.05, 3.63) is 64.7 Å². The first kappa shape index (κ1) is 21.5. The summed E-state index contributed by atoms with van der Waals surface area (Å²) in [5, 5.41) is 0. The summed E-state index contributed by atoms with van der Waals surface area (Å²) in [6.07, 6.45) is 1.15. The van der Waals surface area contributed by atoms with Crippen LogP contribution >= 0.6 is 0 Å². The SMILES string of the molecule is CCC(=O)N1CCN(c2ccc(C(=O)N3CC[C@@]4(C3)OC(=O)c3ccccc34)c(C)c2)CC1. The zero-order valence-electron chi connectivity index (χ0n) is 19.2. The predicted molar refractivity (Wildman–Crippen MR) is 124 cm³/mol. The molecule has 3 aliphatic heterocycles. The van der Waals surface area contributed by atoms with E-state index in [9.17, 15) is 14.4 Å². The molecule has 2 amide bonds. The Morgan fingerprint density at radius 3 is 2.48 bits per heavy atom. The van der Waals surface area contributed by atoms with Crippen molar-refractivity contribution >= 4 is 23.5 Å². The van der Waals surface area contributed by atoms with E-state index < -0.39 is 5.60 Å². The highest BCUT2D eigenvalue weighted by Crippen LogP contribution is 2.43. The first-order valence-electron chi connectivity index (χ1n) is 11.7. The Bertz CT molecular complexity index is 1120. The third kappa shape index (κ3) is 3.65. The van der Waals surface area contributed by atoms with Crippen LogP contribution in [-0.4, -0.2) is 66.9 Å². The van der Waals surface area contributed by atoms with Gasteiger partial charge in [0.2, 0.25) is 5.91 Å². The van der Waals surface area contributed by atoms with Crippen LogP contribution in [0.3, 0.4) is 0 Å². The quantitative estimate of drug-likeness (QED) is 0.677. The van der Waals surface area contributed by atoms with Crippen molar-refractivity contribution in [1.82, 2.24) is 9.80 Å². The summed E-state index contributed by atoms with van der Waals surface area (Å²) in [5.74, 6) is -0.137. The molecule has 2 aromatic rings. The molecule has 0 bridgehead atoms. The number of nitrogens with zero attached hydrogens (tertiary/aromatic N) is 3. The molecule has 33 heavy (non-hydrogen) atoms. The van der Waals surface area contributed by atoms with Gasteiger partial charge in [-0.05, 0) is 36.8 Å². The number of ether oxygens (including phenoxy) is 1. The summed E-state index contributed by atoms with van der Waals surface area (Å²) in [4.78, 5) is 43.6. The van der Waals surface area contributed by atoms with Gasteiger partial charge in [0, 0.05) is 62.4 Å². The number of carbonyl (C=O) groups is 3. The number of aryl methyl sites for hydroxylation is 1. The van der Waals surface area contributed by atoms with E-state index in [2.05, 4.69) is 11.0 Å². The molecule has 0 saturated carbocycles. The minimum Gasteiger partial charge on any atom is -0.449 e. The zero-order valence-corrected chi connectivity index (χ0v) is 19.2. The molecule has 7 heteroatoms. The normalized spacial score (nSPS) is 22.0. The molecule has 5 rings (SSSR count). The maximum absolute atomic E-state index is 13.4. The van der Waals surface area contributed by atoms with Crippen molar-refractivity contribution in [2.45, 2.75) is 32.3 Å². The third-order valence-electron chi connectivity index (χ3n) is 7.19. The fourth-order valence-electron chi connectivity index (χ4n) is 5.30. The number of fused-ring (bicyclic) bond motifs is 2. The van der Waals surface area contributed by atoms with E-state index in [0.717, 1.165) is 43.0 Å². The van der Waals surface area contributed by atoms with Gasteiger partial charge in [0.15, 0.2) is 5.60 Å². The van der Waals surface area contributed by atoms with E-state index in [-0.39, 0.29) is 17.8 Å². The number of piperazine rings is 1. The molecule has 2 aromatic carbocycles. The molecule has 0 N–H and O–H groups in total. The average Bonchev–Trinajstić information content (AvgIpc) is 3.39. The topological polar surface area (TPSA) is 70.2 Å². The van der Waals surface area contributed by atoms with Gasteiger partial charge in [0.25, 0.3) is 5.91 Å². The number of anilines is 1. The van der Waals surface area contributed by atoms with Crippen LogP contribution in [0.2, 0.25) is 0 Å². The molecule has 3 aliphatic rings. The van der Waals surface area contributed by atoms with Crippen LogP contribution in [0.5, 0.6) is 0 Å². The molecule has 0 aliphatic carbocycles. The zero-order chi connectivity index (χ0) is 23.2. The van der Waals surface area contributed by atoms with Gasteiger partial charge in [-0.2, -0.15) is 0 Å². The molecule has 0 unspecified atom stereocenters. The first-order chi connectivity index (χ1) is 15.9. The Labute approximate surface area is 193 Å². The van der Waals surface area contributed by atoms with Crippen LogP contribution in [0.25, 0.3) is 0 Å². The highest BCUT2D eigenvalue weighted by atomic mass is 16.6. The van der Waals surface area contributed by atoms with E-state index in [4.69, 9.17) is 4.74 Å². The van der Waals surface area contributed by atoms with Gasteiger partial charge in [0.05, 0.1) is 12.1 Å². The molecular weight excluding hydrogens is 418 g/mol. The fraction of sp³-hybridized carbons (Fsp3) is 0.423. The highest BCUT2D eigenvalue weighted by molar-refractivity contribution is 5.97. The summed E-state index contributed by atoms with van der Waals surface area (Å²) in [5.41, 5.74) is 3.44. The minimum atomic E-state index is -0.729. The van der Waals surface area contributed by atoms with Crippen molar-refractivity contribution < 1.29 is 19.1 Å². The maximum Gasteiger partial charge on any atom is 0.339 e. The van der Waals surface area contributed by atoms with Crippen LogP contribution in [0.1, 0.15) is 51.6 Å². The largest absolute Gasteiger partial charge is 0.449 e. The molecule has 1 atom stereocenters. The van der Waals surface area contributed by atoms with E-state index >= 15 is 0 Å². The Morgan fingerprint density at radius 2 is 1.76 bits per heavy atom. The van der Waals surface area contributed by atoms with E-state index in [0.29, 0.717) is 37.1 Å². The van der Waals surface area contributed by atoms with Crippen LogP contribution in [0.4, 0.5) is 5.69 Å². The number of hydrogen-bond donors (Lipinski definition) is 0. The molecule has 1 spiro atoms. The summed E-state index contributed by atoms with van der Waals surface area (Å²) in [7, 11) is 0. The van der Waals surface area contributed by atoms with Gasteiger partial charge in [0.1, 0.15) is 0 Å². The highest BCUT2D eigenvalue weighted by Gasteiger charge is 2.51. The van der Waals surface area contributed by atoms with Crippen molar-refractivity contribution in [3.8, 4) is 0 Å². The van der Waals surface area contributed by atoms with Gasteiger partial charge in [-0.3, -0.25) is 9.59 Å². The first-order valence-corrected chi connectivity index (χ1v) is 11.7. The van der Waals surface area contributed by atoms with Crippen LogP contribution in [0, 0.1) is 6.92 Å². The molecule has 0 radical (unpaired) electrons. The van der Waals surface area contributed by atoms with Crippen LogP contribution < -0.4 is 4.90 Å². The van der Waals surface area contributed by atoms with Crippen molar-refractivity contribution in [1.29, 1.82) is 0 Å². The summed E-state index contributed by atoms with van der Waals surface area (Å²) < 4.78 is 5.79. The monoisotopic (exact) mass is 447 g/mol. The van der Waals surface area contributed by atoms with Crippen molar-refractivity contribution in [2.75, 3.05) is 44.2 Å². The molecule has 0 aromatic heterocycles. The van der Waals surface area contributed by atoms with E-state index in [1.807, 2.05) is 49.1 Å². The van der Waals surface area contributed by atoms with Crippen molar-refractivity contribution in [3.63, 3.8) is 0 Å². The number of amides is 2. The molecule has 2 fully saturated rings. The lowest BCUT2D eigenvalue weighted by Crippen LogP contribution is -2.48. The van der Waals surface area contributed by atoms with Gasteiger partial charge in [-0.1, -0.05) is 25.1 Å². The fourth-order valence-corrected chi connectivity index (χ4v) is 5.30. The second kappa shape index (κ2) is 8.21. The van der Waals surface area contributed by atoms with Crippen LogP contribution in [0.15, 0.2) is 42.5 Å². The molecule has 3 heterocycles. The smallest absolute Gasteiger partial charge is 0.339 e. The number of likely N-dealkylation sites (tertiary alicyclic amines) is 1. The van der Waals surface area contributed by atoms with Gasteiger partial charge >= 0.3 is 5.97 Å². The number of benzene rings is 2. The van der Waals surface area contributed by atoms with E-state index in [1.54, 1.807) is 11.0 Å². The second-order valence-electron chi connectivity index (χ2n) is 9.13. The van der Waals surface area contributed by atoms with Crippen LogP contribution in [-0.2, 0) is 15.1 Å². The lowest BCUT2D eigenvalue weighted by atomic mass is 9.91. The number of hydrogen-bond acceptors (Lipinski definition) is 5. The standard InChI is InChI=1S/C26H29N3O4/c1-3-23(30)28-14-12-27(13-15-28)19-8-9-20(18(2)16-19)24(31)29-11-10-26(17-29)22-7-5-4-6-21(22)25(32)33-26/h4-9,16H,3,10-15,17H2,1-2H3/t26-/m0/s1. The molecule has 172 valence electrons. The lowest BCUT2D eigenvalue weighted by molar-refractivity contribution is -0.131. The maximum atomic E-state index is 13.4. The molecule has 7 nitrogen and oxygen atoms in total. The van der Waals surface area contributed by atoms with Gasteiger partial charge in [-0.25, -0.2) is 4.79 Å². The number of rotatable bonds is 3. The van der Waals surface area contributed by atoms with Crippen molar-refractivity contribution in [2.24, 2.45) is 0 Å². The van der Waals surface area contributed by atoms with E-state index in [1.165, 1.54) is 0 Å². The summed E-state index contributed by atoms with van der Waals surface area (Å²) >= 11 is 0. The Hall–Kier alpha value is -3.35. The summed E-state index contributed by atoms with van der Waals surface area (Å²) in [6.45, 7) is 7.81. The Balaban J connectivity index is 1.29. The Morgan fingerprint density at radius 1 is 1.00 bits per heavy atom. The molecular formula is C26H29N3O4. The number of carbonyl (C=O) groups excluding carboxylic acids is 3. The average molecular weight is 448 g/mol. The number of esters is 1. The predicted octanol–water partition coefficient (Wildman–Crippen LogP) is 2.97. The minimum absolute atomic E-state index is 0.0327. The third-order valence-corrected chi connectivity index (χ3v) is 7.19. The summed E-state index contributed by atoms with van der Waals surface area (Å²) in [6, 6.07) is 13.4. The Kier molecular flexibility index (Phi) is 5.35. The lowest BCUT2D eigenvalue weighted by Gasteiger charge is -2.36. The second-order valence-corrected chi connectivity index (χ2v) is 9.13. The molecule has 2 saturated heterocycles. The van der Waals surface area contributed by atoms with Gasteiger partial charge in [-0.15, -0.1) is 0 Å².